The van der Waals surface area contributed by atoms with Gasteiger partial charge in [0.1, 0.15) is 12.1 Å². The zero-order valence-corrected chi connectivity index (χ0v) is 20.4. The Hall–Kier alpha value is -4.00. The third-order valence-electron chi connectivity index (χ3n) is 6.13. The van der Waals surface area contributed by atoms with Gasteiger partial charge in [-0.15, -0.1) is 0 Å². The van der Waals surface area contributed by atoms with Gasteiger partial charge in [-0.25, -0.2) is 4.99 Å². The van der Waals surface area contributed by atoms with Gasteiger partial charge in [0, 0.05) is 51.2 Å². The molecule has 34 heavy (non-hydrogen) atoms. The molecule has 1 aliphatic heterocycles. The van der Waals surface area contributed by atoms with Crippen LogP contribution in [-0.4, -0.2) is 59.6 Å². The Morgan fingerprint density at radius 3 is 1.91 bits per heavy atom. The molecule has 4 rings (SSSR count). The second-order valence-corrected chi connectivity index (χ2v) is 8.54. The largest absolute Gasteiger partial charge is 0.504 e. The molecule has 0 amide bonds. The highest BCUT2D eigenvalue weighted by atomic mass is 16.5. The lowest BCUT2D eigenvalue weighted by molar-refractivity contribution is 0.358. The number of aromatic hydroxyl groups is 1. The van der Waals surface area contributed by atoms with E-state index in [1.807, 2.05) is 86.5 Å². The second kappa shape index (κ2) is 9.09. The van der Waals surface area contributed by atoms with E-state index in [4.69, 9.17) is 19.5 Å². The van der Waals surface area contributed by atoms with Crippen molar-refractivity contribution in [1.82, 2.24) is 0 Å². The molecule has 1 unspecified atom stereocenters. The van der Waals surface area contributed by atoms with Gasteiger partial charge in [-0.3, -0.25) is 4.99 Å². The van der Waals surface area contributed by atoms with Gasteiger partial charge in [-0.1, -0.05) is 24.3 Å². The molecule has 0 saturated carbocycles. The number of aliphatic imine (C=N–C) groups is 2. The maximum absolute atomic E-state index is 11.3. The van der Waals surface area contributed by atoms with E-state index in [0.29, 0.717) is 22.8 Å². The molecular weight excluding hydrogens is 428 g/mol. The number of hydrogen-bond acceptors (Lipinski definition) is 7. The molecule has 0 radical (unpaired) electrons. The van der Waals surface area contributed by atoms with Gasteiger partial charge in [0.05, 0.1) is 19.9 Å². The average molecular weight is 459 g/mol. The molecule has 0 fully saturated rings. The summed E-state index contributed by atoms with van der Waals surface area (Å²) in [7, 11) is 11.1. The zero-order chi connectivity index (χ0) is 24.5. The Balaban J connectivity index is 1.98. The smallest absolute Gasteiger partial charge is 0.164 e. The van der Waals surface area contributed by atoms with Crippen LogP contribution < -0.4 is 19.3 Å². The summed E-state index contributed by atoms with van der Waals surface area (Å²) < 4.78 is 11.0. The van der Waals surface area contributed by atoms with Crippen LogP contribution in [0.2, 0.25) is 0 Å². The number of phenols is 1. The fraction of sp³-hybridized carbons (Fsp3) is 0.259. The normalized spacial score (nSPS) is 16.8. The molecule has 3 aromatic carbocycles. The van der Waals surface area contributed by atoms with Crippen molar-refractivity contribution in [3.8, 4) is 17.2 Å². The predicted octanol–water partition coefficient (Wildman–Crippen LogP) is 4.32. The summed E-state index contributed by atoms with van der Waals surface area (Å²) in [6, 6.07) is 19.7. The van der Waals surface area contributed by atoms with E-state index in [-0.39, 0.29) is 5.75 Å². The van der Waals surface area contributed by atoms with Gasteiger partial charge in [-0.2, -0.15) is 0 Å². The summed E-state index contributed by atoms with van der Waals surface area (Å²) in [5.74, 6) is 0.859. The lowest BCUT2D eigenvalue weighted by atomic mass is 9.76. The van der Waals surface area contributed by atoms with E-state index in [9.17, 15) is 5.11 Å². The van der Waals surface area contributed by atoms with Crippen LogP contribution in [-0.2, 0) is 5.54 Å². The Bertz CT molecular complexity index is 1230. The Kier molecular flexibility index (Phi) is 6.20. The van der Waals surface area contributed by atoms with Crippen molar-refractivity contribution in [3.63, 3.8) is 0 Å². The highest BCUT2D eigenvalue weighted by Crippen LogP contribution is 2.48. The quantitative estimate of drug-likeness (QED) is 0.571. The van der Waals surface area contributed by atoms with Crippen LogP contribution in [0.25, 0.3) is 0 Å². The molecule has 176 valence electrons. The number of phenolic OH excluding ortho intramolecular Hbond substituents is 1. The maximum atomic E-state index is 11.3. The minimum Gasteiger partial charge on any atom is -0.504 e. The number of rotatable bonds is 7. The molecule has 7 heteroatoms. The topological polar surface area (TPSA) is 69.9 Å². The summed E-state index contributed by atoms with van der Waals surface area (Å²) in [5.41, 5.74) is 4.06. The van der Waals surface area contributed by atoms with Crippen molar-refractivity contribution < 1.29 is 14.6 Å². The molecule has 1 atom stereocenters. The number of hydrogen-bond donors (Lipinski definition) is 1. The van der Waals surface area contributed by atoms with Crippen LogP contribution in [0.4, 0.5) is 11.4 Å². The summed E-state index contributed by atoms with van der Waals surface area (Å²) in [6.07, 6.45) is 1.56. The summed E-state index contributed by atoms with van der Waals surface area (Å²) in [4.78, 5) is 13.7. The minimum absolute atomic E-state index is 0.00310. The first kappa shape index (κ1) is 23.2. The summed E-state index contributed by atoms with van der Waals surface area (Å²) in [6.45, 7) is 0. The number of methoxy groups -OCH3 is 2. The molecular formula is C27H30N4O3. The van der Waals surface area contributed by atoms with Gasteiger partial charge in [-0.05, 0) is 41.5 Å². The van der Waals surface area contributed by atoms with Crippen molar-refractivity contribution >= 4 is 23.4 Å². The monoisotopic (exact) mass is 458 g/mol. The van der Waals surface area contributed by atoms with Crippen molar-refractivity contribution in [1.29, 1.82) is 0 Å². The van der Waals surface area contributed by atoms with Crippen molar-refractivity contribution in [3.05, 3.63) is 77.4 Å². The van der Waals surface area contributed by atoms with E-state index < -0.39 is 5.54 Å². The molecule has 0 saturated heterocycles. The highest BCUT2D eigenvalue weighted by Gasteiger charge is 2.45. The highest BCUT2D eigenvalue weighted by molar-refractivity contribution is 6.16. The van der Waals surface area contributed by atoms with E-state index in [0.717, 1.165) is 22.5 Å². The molecule has 0 spiro atoms. The lowest BCUT2D eigenvalue weighted by Gasteiger charge is -2.31. The van der Waals surface area contributed by atoms with Gasteiger partial charge in [0.25, 0.3) is 0 Å². The molecule has 1 heterocycles. The molecule has 0 aliphatic carbocycles. The van der Waals surface area contributed by atoms with Crippen LogP contribution in [0.5, 0.6) is 17.2 Å². The Labute approximate surface area is 200 Å². The lowest BCUT2D eigenvalue weighted by Crippen LogP contribution is -2.34. The van der Waals surface area contributed by atoms with Crippen LogP contribution in [0.15, 0.2) is 70.6 Å². The molecule has 1 N–H and O–H groups in total. The predicted molar refractivity (Wildman–Crippen MR) is 139 cm³/mol. The summed E-state index contributed by atoms with van der Waals surface area (Å²) in [5, 5.41) is 11.3. The number of benzene rings is 3. The number of ether oxygens (including phenoxy) is 2. The van der Waals surface area contributed by atoms with Crippen LogP contribution in [0.3, 0.4) is 0 Å². The minimum atomic E-state index is -1.09. The fourth-order valence-electron chi connectivity index (χ4n) is 4.23. The standard InChI is InChI=1S/C27H30N4O3/c1-30(2)20-11-7-18(8-12-20)26-27(29-17-28-26,19-9-13-21(14-10-19)31(3)4)23-15-22(33-5)16-24(34-6)25(23)32/h7-17,32H,1-6H3. The van der Waals surface area contributed by atoms with E-state index >= 15 is 0 Å². The van der Waals surface area contributed by atoms with Gasteiger partial charge in [0.15, 0.2) is 17.0 Å². The third-order valence-corrected chi connectivity index (χ3v) is 6.13. The van der Waals surface area contributed by atoms with Crippen LogP contribution in [0, 0.1) is 0 Å². The van der Waals surface area contributed by atoms with E-state index in [1.54, 1.807) is 25.6 Å². The molecule has 3 aromatic rings. The maximum Gasteiger partial charge on any atom is 0.164 e. The molecule has 7 nitrogen and oxygen atoms in total. The Morgan fingerprint density at radius 2 is 1.38 bits per heavy atom. The number of anilines is 2. The molecule has 0 aromatic heterocycles. The van der Waals surface area contributed by atoms with Gasteiger partial charge < -0.3 is 24.4 Å². The average Bonchev–Trinajstić information content (AvgIpc) is 3.30. The first-order valence-electron chi connectivity index (χ1n) is 10.9. The van der Waals surface area contributed by atoms with Crippen molar-refractivity contribution in [2.24, 2.45) is 9.98 Å². The number of nitrogens with zero attached hydrogens (tertiary/aromatic N) is 4. The van der Waals surface area contributed by atoms with Gasteiger partial charge in [0.2, 0.25) is 0 Å². The molecule has 1 aliphatic rings. The first-order chi connectivity index (χ1) is 16.3. The first-order valence-corrected chi connectivity index (χ1v) is 10.9. The van der Waals surface area contributed by atoms with Crippen LogP contribution in [0.1, 0.15) is 16.7 Å². The second-order valence-electron chi connectivity index (χ2n) is 8.54. The third kappa shape index (κ3) is 3.83. The molecule has 0 bridgehead atoms. The van der Waals surface area contributed by atoms with Crippen molar-refractivity contribution in [2.75, 3.05) is 52.2 Å². The van der Waals surface area contributed by atoms with Gasteiger partial charge >= 0.3 is 0 Å². The van der Waals surface area contributed by atoms with Crippen molar-refractivity contribution in [2.45, 2.75) is 5.54 Å². The van der Waals surface area contributed by atoms with E-state index in [1.165, 1.54) is 7.11 Å². The van der Waals surface area contributed by atoms with Crippen LogP contribution >= 0.6 is 0 Å². The Morgan fingerprint density at radius 1 is 0.794 bits per heavy atom. The SMILES string of the molecule is COc1cc(OC)c(O)c(C2(c3ccc(N(C)C)cc3)N=CN=C2c2ccc(N(C)C)cc2)c1. The summed E-state index contributed by atoms with van der Waals surface area (Å²) >= 11 is 0. The zero-order valence-electron chi connectivity index (χ0n) is 20.4. The van der Waals surface area contributed by atoms with E-state index in [2.05, 4.69) is 0 Å². The fourth-order valence-corrected chi connectivity index (χ4v) is 4.23.